The molecule has 1 heterocycles. The lowest BCUT2D eigenvalue weighted by Crippen LogP contribution is -2.49. The molecule has 0 aromatic heterocycles. The Kier molecular flexibility index (Phi) is 5.82. The van der Waals surface area contributed by atoms with E-state index >= 15 is 0 Å². The monoisotopic (exact) mass is 294 g/mol. The molecule has 0 aromatic carbocycles. The van der Waals surface area contributed by atoms with Crippen molar-refractivity contribution in [3.63, 3.8) is 0 Å². The maximum Gasteiger partial charge on any atom is 0.234 e. The number of nitrogens with zero attached hydrogens (tertiary/aromatic N) is 1. The van der Waals surface area contributed by atoms with Crippen LogP contribution in [0.3, 0.4) is 0 Å². The fraction of sp³-hybridized carbons (Fsp3) is 0.824. The fourth-order valence-electron chi connectivity index (χ4n) is 3.55. The molecule has 1 aliphatic heterocycles. The Morgan fingerprint density at radius 1 is 1.43 bits per heavy atom. The molecule has 1 unspecified atom stereocenters. The van der Waals surface area contributed by atoms with E-state index in [9.17, 15) is 9.90 Å². The van der Waals surface area contributed by atoms with Gasteiger partial charge in [0.25, 0.3) is 0 Å². The van der Waals surface area contributed by atoms with Crippen LogP contribution in [0.2, 0.25) is 0 Å². The molecule has 0 bridgehead atoms. The van der Waals surface area contributed by atoms with Crippen LogP contribution in [0.4, 0.5) is 0 Å². The smallest absolute Gasteiger partial charge is 0.234 e. The number of likely N-dealkylation sites (tertiary alicyclic amines) is 1. The van der Waals surface area contributed by atoms with E-state index in [2.05, 4.69) is 16.3 Å². The highest BCUT2D eigenvalue weighted by Crippen LogP contribution is 2.26. The third-order valence-electron chi connectivity index (χ3n) is 4.68. The van der Waals surface area contributed by atoms with Crippen LogP contribution in [0.5, 0.6) is 0 Å². The second-order valence-corrected chi connectivity index (χ2v) is 6.99. The Morgan fingerprint density at radius 3 is 2.90 bits per heavy atom. The topological polar surface area (TPSA) is 52.6 Å². The summed E-state index contributed by atoms with van der Waals surface area (Å²) in [6.45, 7) is 5.74. The molecule has 1 amide bonds. The van der Waals surface area contributed by atoms with Crippen LogP contribution in [0, 0.1) is 0 Å². The molecule has 2 N–H and O–H groups in total. The lowest BCUT2D eigenvalue weighted by atomic mass is 9.96. The van der Waals surface area contributed by atoms with Crippen molar-refractivity contribution in [2.24, 2.45) is 0 Å². The highest BCUT2D eigenvalue weighted by Gasteiger charge is 2.36. The summed E-state index contributed by atoms with van der Waals surface area (Å²) in [7, 11) is 0. The lowest BCUT2D eigenvalue weighted by molar-refractivity contribution is -0.123. The largest absolute Gasteiger partial charge is 0.389 e. The molecule has 4 nitrogen and oxygen atoms in total. The van der Waals surface area contributed by atoms with Crippen molar-refractivity contribution in [1.82, 2.24) is 10.2 Å². The van der Waals surface area contributed by atoms with E-state index in [1.54, 1.807) is 0 Å². The molecule has 21 heavy (non-hydrogen) atoms. The van der Waals surface area contributed by atoms with Gasteiger partial charge in [-0.3, -0.25) is 9.69 Å². The number of hydrogen-bond acceptors (Lipinski definition) is 3. The second kappa shape index (κ2) is 7.41. The Bertz CT molecular complexity index is 385. The van der Waals surface area contributed by atoms with Crippen LogP contribution in [0.15, 0.2) is 11.6 Å². The predicted molar refractivity (Wildman–Crippen MR) is 85.1 cm³/mol. The molecular weight excluding hydrogens is 264 g/mol. The van der Waals surface area contributed by atoms with Crippen LogP contribution < -0.4 is 5.32 Å². The van der Waals surface area contributed by atoms with Crippen LogP contribution in [0.1, 0.15) is 58.8 Å². The molecule has 1 fully saturated rings. The zero-order valence-corrected chi connectivity index (χ0v) is 13.5. The van der Waals surface area contributed by atoms with Gasteiger partial charge in [0, 0.05) is 12.6 Å². The summed E-state index contributed by atoms with van der Waals surface area (Å²) in [6, 6.07) is 0.101. The van der Waals surface area contributed by atoms with Gasteiger partial charge >= 0.3 is 0 Å². The third-order valence-corrected chi connectivity index (χ3v) is 4.68. The number of nitrogens with one attached hydrogen (secondary N) is 1. The standard InChI is InChI=1S/C17H30N2O2/c1-17(2,21)15-9-6-12-19(15)13-16(20)18-11-10-14-7-4-3-5-8-14/h7,15,21H,3-6,8-13H2,1-2H3,(H,18,20). The minimum Gasteiger partial charge on any atom is -0.389 e. The highest BCUT2D eigenvalue weighted by molar-refractivity contribution is 5.78. The van der Waals surface area contributed by atoms with Crippen molar-refractivity contribution < 1.29 is 9.90 Å². The number of amides is 1. The summed E-state index contributed by atoms with van der Waals surface area (Å²) in [5.41, 5.74) is 0.765. The highest BCUT2D eigenvalue weighted by atomic mass is 16.3. The minimum absolute atomic E-state index is 0.0857. The average molecular weight is 294 g/mol. The Balaban J connectivity index is 1.70. The molecule has 0 saturated carbocycles. The first kappa shape index (κ1) is 16.5. The second-order valence-electron chi connectivity index (χ2n) is 6.99. The predicted octanol–water partition coefficient (Wildman–Crippen LogP) is 2.23. The molecule has 1 atom stereocenters. The van der Waals surface area contributed by atoms with E-state index in [-0.39, 0.29) is 11.9 Å². The van der Waals surface area contributed by atoms with Gasteiger partial charge in [0.1, 0.15) is 0 Å². The molecule has 2 aliphatic rings. The van der Waals surface area contributed by atoms with Crippen molar-refractivity contribution in [3.05, 3.63) is 11.6 Å². The number of rotatable bonds is 6. The number of hydrogen-bond donors (Lipinski definition) is 2. The molecule has 4 heteroatoms. The summed E-state index contributed by atoms with van der Waals surface area (Å²) in [5, 5.41) is 13.2. The number of carbonyl (C=O) groups is 1. The number of aliphatic hydroxyl groups is 1. The van der Waals surface area contributed by atoms with Crippen molar-refractivity contribution in [1.29, 1.82) is 0 Å². The maximum absolute atomic E-state index is 12.1. The van der Waals surface area contributed by atoms with Crippen molar-refractivity contribution in [3.8, 4) is 0 Å². The van der Waals surface area contributed by atoms with Gasteiger partial charge in [0.2, 0.25) is 5.91 Å². The van der Waals surface area contributed by atoms with E-state index < -0.39 is 5.60 Å². The van der Waals surface area contributed by atoms with Crippen molar-refractivity contribution in [2.45, 2.75) is 70.4 Å². The first-order valence-corrected chi connectivity index (χ1v) is 8.38. The molecule has 2 rings (SSSR count). The van der Waals surface area contributed by atoms with Crippen molar-refractivity contribution in [2.75, 3.05) is 19.6 Å². The third kappa shape index (κ3) is 5.11. The van der Waals surface area contributed by atoms with Gasteiger partial charge in [0.05, 0.1) is 12.1 Å². The van der Waals surface area contributed by atoms with Gasteiger partial charge in [-0.15, -0.1) is 0 Å². The van der Waals surface area contributed by atoms with E-state index in [4.69, 9.17) is 0 Å². The summed E-state index contributed by atoms with van der Waals surface area (Å²) >= 11 is 0. The maximum atomic E-state index is 12.1. The van der Waals surface area contributed by atoms with Crippen LogP contribution in [-0.2, 0) is 4.79 Å². The molecule has 120 valence electrons. The van der Waals surface area contributed by atoms with Crippen LogP contribution in [0.25, 0.3) is 0 Å². The van der Waals surface area contributed by atoms with E-state index in [1.165, 1.54) is 31.3 Å². The van der Waals surface area contributed by atoms with E-state index in [1.807, 2.05) is 13.8 Å². The van der Waals surface area contributed by atoms with Gasteiger partial charge in [0.15, 0.2) is 0 Å². The zero-order chi connectivity index (χ0) is 15.3. The number of carbonyl (C=O) groups excluding carboxylic acids is 1. The van der Waals surface area contributed by atoms with Gasteiger partial charge in [-0.05, 0) is 65.3 Å². The Labute approximate surface area is 128 Å². The van der Waals surface area contributed by atoms with Gasteiger partial charge in [-0.25, -0.2) is 0 Å². The van der Waals surface area contributed by atoms with Gasteiger partial charge in [-0.1, -0.05) is 11.6 Å². The summed E-state index contributed by atoms with van der Waals surface area (Å²) in [6.07, 6.45) is 10.4. The van der Waals surface area contributed by atoms with Crippen molar-refractivity contribution >= 4 is 5.91 Å². The summed E-state index contributed by atoms with van der Waals surface area (Å²) < 4.78 is 0. The number of allylic oxidation sites excluding steroid dienone is 1. The lowest BCUT2D eigenvalue weighted by Gasteiger charge is -2.33. The first-order chi connectivity index (χ1) is 9.97. The fourth-order valence-corrected chi connectivity index (χ4v) is 3.55. The SMILES string of the molecule is CC(C)(O)C1CCCN1CC(=O)NCCC1=CCCCC1. The molecule has 0 radical (unpaired) electrons. The first-order valence-electron chi connectivity index (χ1n) is 8.38. The van der Waals surface area contributed by atoms with Gasteiger partial charge < -0.3 is 10.4 Å². The average Bonchev–Trinajstić information content (AvgIpc) is 2.88. The molecular formula is C17H30N2O2. The van der Waals surface area contributed by atoms with E-state index in [0.29, 0.717) is 6.54 Å². The molecule has 0 spiro atoms. The quantitative estimate of drug-likeness (QED) is 0.739. The van der Waals surface area contributed by atoms with E-state index in [0.717, 1.165) is 32.4 Å². The summed E-state index contributed by atoms with van der Waals surface area (Å²) in [4.78, 5) is 14.2. The normalized spacial score (nSPS) is 24.0. The molecule has 0 aromatic rings. The van der Waals surface area contributed by atoms with Gasteiger partial charge in [-0.2, -0.15) is 0 Å². The molecule has 1 saturated heterocycles. The Morgan fingerprint density at radius 2 is 2.24 bits per heavy atom. The minimum atomic E-state index is -0.732. The Hall–Kier alpha value is -0.870. The molecule has 1 aliphatic carbocycles. The zero-order valence-electron chi connectivity index (χ0n) is 13.5. The summed E-state index contributed by atoms with van der Waals surface area (Å²) in [5.74, 6) is 0.0857. The van der Waals surface area contributed by atoms with Crippen LogP contribution in [-0.4, -0.2) is 47.2 Å². The van der Waals surface area contributed by atoms with Crippen LogP contribution >= 0.6 is 0 Å².